The lowest BCUT2D eigenvalue weighted by atomic mass is 10.1. The van der Waals surface area contributed by atoms with Crippen LogP contribution in [0.5, 0.6) is 5.75 Å². The molecule has 25 heavy (non-hydrogen) atoms. The van der Waals surface area contributed by atoms with Gasteiger partial charge in [0.05, 0.1) is 17.3 Å². The summed E-state index contributed by atoms with van der Waals surface area (Å²) in [5.74, 6) is -2.01. The van der Waals surface area contributed by atoms with Crippen molar-refractivity contribution in [1.29, 1.82) is 0 Å². The van der Waals surface area contributed by atoms with E-state index in [1.165, 1.54) is 36.7 Å². The number of rotatable bonds is 4. The SMILES string of the molecule is O=C1N(Cc2cncc(Cl)c2)c2cccc([C@H](O)CF)c2OC1(F)F. The fourth-order valence-electron chi connectivity index (χ4n) is 2.53. The zero-order chi connectivity index (χ0) is 18.2. The number of anilines is 1. The first-order chi connectivity index (χ1) is 11.8. The number of para-hydroxylation sites is 1. The molecule has 0 fully saturated rings. The molecule has 1 aromatic carbocycles. The highest BCUT2D eigenvalue weighted by molar-refractivity contribution is 6.30. The van der Waals surface area contributed by atoms with Crippen molar-refractivity contribution < 1.29 is 27.8 Å². The van der Waals surface area contributed by atoms with E-state index in [0.717, 1.165) is 4.90 Å². The number of alkyl halides is 3. The number of nitrogens with zero attached hydrogens (tertiary/aromatic N) is 2. The third-order valence-corrected chi connectivity index (χ3v) is 3.85. The molecule has 1 aliphatic rings. The van der Waals surface area contributed by atoms with Crippen LogP contribution in [-0.2, 0) is 11.3 Å². The highest BCUT2D eigenvalue weighted by Crippen LogP contribution is 2.44. The zero-order valence-electron chi connectivity index (χ0n) is 12.6. The summed E-state index contributed by atoms with van der Waals surface area (Å²) in [4.78, 5) is 16.8. The molecule has 1 N–H and O–H groups in total. The predicted octanol–water partition coefficient (Wildman–Crippen LogP) is 3.26. The molecule has 0 spiro atoms. The molecule has 1 aromatic heterocycles. The molecule has 1 aliphatic heterocycles. The van der Waals surface area contributed by atoms with Crippen molar-refractivity contribution in [2.45, 2.75) is 18.8 Å². The lowest BCUT2D eigenvalue weighted by Gasteiger charge is -2.35. The third kappa shape index (κ3) is 3.27. The minimum Gasteiger partial charge on any atom is -0.423 e. The first-order valence-electron chi connectivity index (χ1n) is 7.18. The molecule has 3 rings (SSSR count). The van der Waals surface area contributed by atoms with E-state index in [9.17, 15) is 23.1 Å². The molecule has 0 saturated heterocycles. The molecular weight excluding hydrogens is 361 g/mol. The van der Waals surface area contributed by atoms with Crippen molar-refractivity contribution in [2.75, 3.05) is 11.6 Å². The summed E-state index contributed by atoms with van der Waals surface area (Å²) in [6.07, 6.45) is -3.05. The zero-order valence-corrected chi connectivity index (χ0v) is 13.4. The van der Waals surface area contributed by atoms with Crippen molar-refractivity contribution >= 4 is 23.2 Å². The molecule has 0 unspecified atom stereocenters. The summed E-state index contributed by atoms with van der Waals surface area (Å²) in [7, 11) is 0. The number of aliphatic hydroxyl groups excluding tert-OH is 1. The van der Waals surface area contributed by atoms with Crippen LogP contribution in [0.25, 0.3) is 0 Å². The number of halogens is 4. The van der Waals surface area contributed by atoms with Gasteiger partial charge in [-0.1, -0.05) is 23.7 Å². The number of aromatic nitrogens is 1. The Morgan fingerprint density at radius 3 is 2.80 bits per heavy atom. The Bertz CT molecular complexity index is 819. The van der Waals surface area contributed by atoms with Crippen LogP contribution in [0.15, 0.2) is 36.7 Å². The monoisotopic (exact) mass is 372 g/mol. The molecule has 1 amide bonds. The summed E-state index contributed by atoms with van der Waals surface area (Å²) in [5, 5.41) is 9.99. The fourth-order valence-corrected chi connectivity index (χ4v) is 2.73. The minimum absolute atomic E-state index is 0.000834. The standard InChI is InChI=1S/C16H12ClF3N2O3/c17-10-4-9(6-21-7-10)8-22-12-3-1-2-11(13(23)5-18)14(12)25-16(19,20)15(22)24/h1-4,6-7,13,23H,5,8H2/t13-/m1/s1. The maximum absolute atomic E-state index is 14.0. The maximum atomic E-state index is 14.0. The van der Waals surface area contributed by atoms with Gasteiger partial charge in [0.15, 0.2) is 5.75 Å². The Labute approximate surface area is 145 Å². The van der Waals surface area contributed by atoms with Crippen molar-refractivity contribution in [1.82, 2.24) is 4.98 Å². The van der Waals surface area contributed by atoms with E-state index in [1.807, 2.05) is 0 Å². The molecule has 5 nitrogen and oxygen atoms in total. The first kappa shape index (κ1) is 17.5. The molecular formula is C16H12ClF3N2O3. The minimum atomic E-state index is -4.15. The van der Waals surface area contributed by atoms with Crippen LogP contribution in [0.4, 0.5) is 18.9 Å². The van der Waals surface area contributed by atoms with E-state index in [-0.39, 0.29) is 22.8 Å². The van der Waals surface area contributed by atoms with Gasteiger partial charge < -0.3 is 9.84 Å². The normalized spacial score (nSPS) is 17.0. The van der Waals surface area contributed by atoms with Gasteiger partial charge in [0.2, 0.25) is 0 Å². The van der Waals surface area contributed by atoms with Gasteiger partial charge in [-0.2, -0.15) is 8.78 Å². The number of hydrogen-bond acceptors (Lipinski definition) is 4. The fraction of sp³-hybridized carbons (Fsp3) is 0.250. The second kappa shape index (κ2) is 6.53. The van der Waals surface area contributed by atoms with Crippen LogP contribution in [-0.4, -0.2) is 28.8 Å². The van der Waals surface area contributed by atoms with E-state index in [2.05, 4.69) is 9.72 Å². The van der Waals surface area contributed by atoms with Gasteiger partial charge in [0.1, 0.15) is 12.8 Å². The van der Waals surface area contributed by atoms with E-state index in [4.69, 9.17) is 11.6 Å². The molecule has 2 aromatic rings. The van der Waals surface area contributed by atoms with E-state index in [1.54, 1.807) is 0 Å². The van der Waals surface area contributed by atoms with Crippen molar-refractivity contribution in [3.8, 4) is 5.75 Å². The number of ether oxygens (including phenoxy) is 1. The highest BCUT2D eigenvalue weighted by atomic mass is 35.5. The second-order valence-corrected chi connectivity index (χ2v) is 5.82. The molecule has 0 saturated carbocycles. The Morgan fingerprint density at radius 1 is 1.36 bits per heavy atom. The van der Waals surface area contributed by atoms with Gasteiger partial charge in [0, 0.05) is 18.0 Å². The lowest BCUT2D eigenvalue weighted by molar-refractivity contribution is -0.193. The lowest BCUT2D eigenvalue weighted by Crippen LogP contribution is -2.50. The van der Waals surface area contributed by atoms with Gasteiger partial charge in [-0.25, -0.2) is 4.39 Å². The largest absolute Gasteiger partial charge is 0.483 e. The molecule has 2 heterocycles. The van der Waals surface area contributed by atoms with Crippen LogP contribution in [0.2, 0.25) is 5.02 Å². The van der Waals surface area contributed by atoms with Crippen molar-refractivity contribution in [3.05, 3.63) is 52.8 Å². The summed E-state index contributed by atoms with van der Waals surface area (Å²) >= 11 is 5.83. The van der Waals surface area contributed by atoms with Gasteiger partial charge in [0.25, 0.3) is 0 Å². The number of pyridine rings is 1. The highest BCUT2D eigenvalue weighted by Gasteiger charge is 2.51. The Kier molecular flexibility index (Phi) is 4.57. The van der Waals surface area contributed by atoms with Crippen LogP contribution >= 0.6 is 11.6 Å². The molecule has 0 bridgehead atoms. The number of hydrogen-bond donors (Lipinski definition) is 1. The summed E-state index contributed by atoms with van der Waals surface area (Å²) in [5.41, 5.74) is 0.253. The summed E-state index contributed by atoms with van der Waals surface area (Å²) in [6.45, 7) is -1.43. The second-order valence-electron chi connectivity index (χ2n) is 5.39. The molecule has 1 atom stereocenters. The third-order valence-electron chi connectivity index (χ3n) is 3.65. The predicted molar refractivity (Wildman–Crippen MR) is 83.4 cm³/mol. The Hall–Kier alpha value is -2.32. The number of carbonyl (C=O) groups excluding carboxylic acids is 1. The molecule has 0 radical (unpaired) electrons. The van der Waals surface area contributed by atoms with E-state index >= 15 is 0 Å². The summed E-state index contributed by atoms with van der Waals surface area (Å²) < 4.78 is 45.3. The van der Waals surface area contributed by atoms with Crippen molar-refractivity contribution in [2.24, 2.45) is 0 Å². The van der Waals surface area contributed by atoms with E-state index in [0.29, 0.717) is 5.56 Å². The maximum Gasteiger partial charge on any atom is 0.483 e. The van der Waals surface area contributed by atoms with Gasteiger partial charge in [-0.3, -0.25) is 14.7 Å². The van der Waals surface area contributed by atoms with Crippen LogP contribution in [0.3, 0.4) is 0 Å². The smallest absolute Gasteiger partial charge is 0.423 e. The van der Waals surface area contributed by atoms with Gasteiger partial charge >= 0.3 is 12.0 Å². The molecule has 132 valence electrons. The van der Waals surface area contributed by atoms with Crippen LogP contribution in [0, 0.1) is 0 Å². The number of benzene rings is 1. The molecule has 0 aliphatic carbocycles. The quantitative estimate of drug-likeness (QED) is 0.895. The van der Waals surface area contributed by atoms with Crippen LogP contribution in [0.1, 0.15) is 17.2 Å². The Morgan fingerprint density at radius 2 is 2.12 bits per heavy atom. The van der Waals surface area contributed by atoms with Crippen molar-refractivity contribution in [3.63, 3.8) is 0 Å². The van der Waals surface area contributed by atoms with Gasteiger partial charge in [-0.05, 0) is 17.7 Å². The number of fused-ring (bicyclic) bond motifs is 1. The van der Waals surface area contributed by atoms with E-state index < -0.39 is 30.5 Å². The van der Waals surface area contributed by atoms with Gasteiger partial charge in [-0.15, -0.1) is 0 Å². The number of carbonyl (C=O) groups is 1. The summed E-state index contributed by atoms with van der Waals surface area (Å²) in [6, 6.07) is 5.52. The first-order valence-corrected chi connectivity index (χ1v) is 7.56. The molecule has 9 heteroatoms. The average molecular weight is 373 g/mol. The average Bonchev–Trinajstić information content (AvgIpc) is 2.57. The number of aliphatic hydroxyl groups is 1. The number of amides is 1. The van der Waals surface area contributed by atoms with Crippen LogP contribution < -0.4 is 9.64 Å². The topological polar surface area (TPSA) is 62.7 Å². The Balaban J connectivity index is 2.08.